The molecule has 1 aliphatic carbocycles. The summed E-state index contributed by atoms with van der Waals surface area (Å²) in [6, 6.07) is 9.39. The maximum atomic E-state index is 5.85. The van der Waals surface area contributed by atoms with Gasteiger partial charge >= 0.3 is 0 Å². The van der Waals surface area contributed by atoms with Crippen LogP contribution in [0, 0.1) is 4.77 Å². The number of hydrogen-bond donors (Lipinski definition) is 0. The summed E-state index contributed by atoms with van der Waals surface area (Å²) in [4.78, 5) is 7.49. The van der Waals surface area contributed by atoms with E-state index < -0.39 is 0 Å². The third kappa shape index (κ3) is 3.33. The quantitative estimate of drug-likeness (QED) is 0.505. The Labute approximate surface area is 175 Å². The second-order valence-electron chi connectivity index (χ2n) is 8.38. The lowest BCUT2D eigenvalue weighted by molar-refractivity contribution is 0.103. The van der Waals surface area contributed by atoms with Crippen LogP contribution in [0.1, 0.15) is 74.8 Å². The van der Waals surface area contributed by atoms with Crippen LogP contribution in [-0.4, -0.2) is 30.8 Å². The Bertz CT molecular complexity index is 1010. The molecule has 1 saturated carbocycles. The summed E-state index contributed by atoms with van der Waals surface area (Å²) in [7, 11) is 0. The molecule has 2 aliphatic rings. The molecule has 1 aromatic carbocycles. The fraction of sp³-hybridized carbons (Fsp3) is 0.571. The summed E-state index contributed by atoms with van der Waals surface area (Å²) in [5.41, 5.74) is 1.12. The topological polar surface area (TPSA) is 38.9 Å². The van der Waals surface area contributed by atoms with E-state index in [1.54, 1.807) is 0 Å². The zero-order valence-electron chi connectivity index (χ0n) is 16.5. The molecule has 0 spiro atoms. The minimum absolute atomic E-state index is 0.363. The highest BCUT2D eigenvalue weighted by atomic mass is 32.1. The number of thiazole rings is 1. The normalized spacial score (nSPS) is 21.0. The number of benzene rings is 1. The number of hydrogen-bond acceptors (Lipinski definition) is 5. The lowest BCUT2D eigenvalue weighted by Gasteiger charge is -2.34. The SMILES string of the molecule is CC(C)c1nn(CN2CCCCC2c2nc3ccccc3s2)c(=S)n1C1CC1. The number of aromatic nitrogens is 4. The highest BCUT2D eigenvalue weighted by molar-refractivity contribution is 7.71. The zero-order chi connectivity index (χ0) is 19.3. The molecule has 28 heavy (non-hydrogen) atoms. The van der Waals surface area contributed by atoms with Crippen LogP contribution in [0.5, 0.6) is 0 Å². The second kappa shape index (κ2) is 7.35. The average molecular weight is 414 g/mol. The number of fused-ring (bicyclic) bond motifs is 1. The number of nitrogens with zero attached hydrogens (tertiary/aromatic N) is 5. The molecule has 1 unspecified atom stereocenters. The van der Waals surface area contributed by atoms with Crippen molar-refractivity contribution < 1.29 is 0 Å². The first-order valence-corrected chi connectivity index (χ1v) is 11.6. The average Bonchev–Trinajstić information content (AvgIpc) is 3.35. The van der Waals surface area contributed by atoms with Gasteiger partial charge in [-0.2, -0.15) is 5.10 Å². The minimum Gasteiger partial charge on any atom is -0.301 e. The maximum absolute atomic E-state index is 5.85. The van der Waals surface area contributed by atoms with Crippen LogP contribution in [0.3, 0.4) is 0 Å². The van der Waals surface area contributed by atoms with Gasteiger partial charge in [0.05, 0.1) is 22.9 Å². The fourth-order valence-corrected chi connectivity index (χ4v) is 5.72. The second-order valence-corrected chi connectivity index (χ2v) is 9.81. The Hall–Kier alpha value is -1.57. The van der Waals surface area contributed by atoms with Crippen molar-refractivity contribution in [1.29, 1.82) is 0 Å². The van der Waals surface area contributed by atoms with Crippen molar-refractivity contribution in [2.45, 2.75) is 70.6 Å². The molecule has 148 valence electrons. The van der Waals surface area contributed by atoms with Gasteiger partial charge in [-0.25, -0.2) is 9.67 Å². The first-order valence-electron chi connectivity index (χ1n) is 10.4. The van der Waals surface area contributed by atoms with Crippen molar-refractivity contribution in [3.8, 4) is 0 Å². The Kier molecular flexibility index (Phi) is 4.85. The molecule has 7 heteroatoms. The van der Waals surface area contributed by atoms with Crippen LogP contribution in [-0.2, 0) is 6.67 Å². The van der Waals surface area contributed by atoms with E-state index in [0.29, 0.717) is 18.0 Å². The predicted octanol–water partition coefficient (Wildman–Crippen LogP) is 5.67. The molecule has 0 N–H and O–H groups in total. The molecule has 1 aliphatic heterocycles. The monoisotopic (exact) mass is 413 g/mol. The summed E-state index contributed by atoms with van der Waals surface area (Å²) >= 11 is 7.69. The maximum Gasteiger partial charge on any atom is 0.199 e. The van der Waals surface area contributed by atoms with Crippen LogP contribution in [0.15, 0.2) is 24.3 Å². The van der Waals surface area contributed by atoms with E-state index >= 15 is 0 Å². The van der Waals surface area contributed by atoms with E-state index in [1.807, 2.05) is 11.3 Å². The largest absolute Gasteiger partial charge is 0.301 e. The lowest BCUT2D eigenvalue weighted by Crippen LogP contribution is -2.35. The van der Waals surface area contributed by atoms with Gasteiger partial charge in [-0.3, -0.25) is 4.90 Å². The van der Waals surface area contributed by atoms with Gasteiger partial charge in [0, 0.05) is 18.5 Å². The molecule has 0 bridgehead atoms. The highest BCUT2D eigenvalue weighted by Gasteiger charge is 2.31. The predicted molar refractivity (Wildman–Crippen MR) is 116 cm³/mol. The van der Waals surface area contributed by atoms with Gasteiger partial charge in [0.1, 0.15) is 10.8 Å². The van der Waals surface area contributed by atoms with Gasteiger partial charge < -0.3 is 4.57 Å². The Balaban J connectivity index is 1.46. The molecule has 3 heterocycles. The van der Waals surface area contributed by atoms with E-state index in [2.05, 4.69) is 52.3 Å². The highest BCUT2D eigenvalue weighted by Crippen LogP contribution is 2.39. The third-order valence-electron chi connectivity index (χ3n) is 5.85. The lowest BCUT2D eigenvalue weighted by atomic mass is 10.0. The van der Waals surface area contributed by atoms with Gasteiger partial charge in [-0.15, -0.1) is 11.3 Å². The van der Waals surface area contributed by atoms with Crippen molar-refractivity contribution in [3.05, 3.63) is 39.9 Å². The molecule has 3 aromatic rings. The van der Waals surface area contributed by atoms with E-state index in [4.69, 9.17) is 22.3 Å². The summed E-state index contributed by atoms with van der Waals surface area (Å²) < 4.78 is 6.55. The van der Waals surface area contributed by atoms with Crippen molar-refractivity contribution in [2.75, 3.05) is 6.54 Å². The number of piperidine rings is 1. The van der Waals surface area contributed by atoms with Crippen molar-refractivity contribution in [2.24, 2.45) is 0 Å². The summed E-state index contributed by atoms with van der Waals surface area (Å²) in [5, 5.41) is 6.19. The fourth-order valence-electron chi connectivity index (χ4n) is 4.24. The van der Waals surface area contributed by atoms with Crippen molar-refractivity contribution >= 4 is 33.8 Å². The third-order valence-corrected chi connectivity index (χ3v) is 7.40. The van der Waals surface area contributed by atoms with E-state index in [9.17, 15) is 0 Å². The molecule has 1 atom stereocenters. The van der Waals surface area contributed by atoms with Crippen molar-refractivity contribution in [3.63, 3.8) is 0 Å². The van der Waals surface area contributed by atoms with Crippen LogP contribution in [0.2, 0.25) is 0 Å². The van der Waals surface area contributed by atoms with Crippen LogP contribution < -0.4 is 0 Å². The Morgan fingerprint density at radius 1 is 1.18 bits per heavy atom. The molecule has 2 aromatic heterocycles. The molecular formula is C21H27N5S2. The number of rotatable bonds is 5. The smallest absolute Gasteiger partial charge is 0.199 e. The zero-order valence-corrected chi connectivity index (χ0v) is 18.2. The molecule has 0 amide bonds. The van der Waals surface area contributed by atoms with E-state index in [0.717, 1.165) is 35.7 Å². The molecule has 5 rings (SSSR count). The van der Waals surface area contributed by atoms with Crippen LogP contribution in [0.25, 0.3) is 10.2 Å². The molecule has 1 saturated heterocycles. The minimum atomic E-state index is 0.363. The van der Waals surface area contributed by atoms with Gasteiger partial charge in [0.15, 0.2) is 4.77 Å². The van der Waals surface area contributed by atoms with Crippen molar-refractivity contribution in [1.82, 2.24) is 24.2 Å². The van der Waals surface area contributed by atoms with Gasteiger partial charge in [0.2, 0.25) is 0 Å². The summed E-state index contributed by atoms with van der Waals surface area (Å²) in [6.07, 6.45) is 6.12. The first-order chi connectivity index (χ1) is 13.6. The summed E-state index contributed by atoms with van der Waals surface area (Å²) in [6.45, 7) is 6.27. The van der Waals surface area contributed by atoms with Crippen LogP contribution >= 0.6 is 23.6 Å². The standard InChI is InChI=1S/C21H27N5S2/c1-14(2)19-23-25(21(27)26(19)15-10-11-15)13-24-12-6-5-8-17(24)20-22-16-7-3-4-9-18(16)28-20/h3-4,7,9,14-15,17H,5-6,8,10-13H2,1-2H3. The Morgan fingerprint density at radius 2 is 2.00 bits per heavy atom. The molecule has 5 nitrogen and oxygen atoms in total. The van der Waals surface area contributed by atoms with E-state index in [1.165, 1.54) is 35.4 Å². The van der Waals surface area contributed by atoms with Gasteiger partial charge in [-0.1, -0.05) is 32.4 Å². The molecule has 2 fully saturated rings. The van der Waals surface area contributed by atoms with Gasteiger partial charge in [0.25, 0.3) is 0 Å². The van der Waals surface area contributed by atoms with Crippen LogP contribution in [0.4, 0.5) is 0 Å². The number of para-hydroxylation sites is 1. The number of likely N-dealkylation sites (tertiary alicyclic amines) is 1. The molecular weight excluding hydrogens is 386 g/mol. The van der Waals surface area contributed by atoms with Gasteiger partial charge in [-0.05, 0) is 50.0 Å². The molecule has 0 radical (unpaired) electrons. The van der Waals surface area contributed by atoms with E-state index in [-0.39, 0.29) is 0 Å². The Morgan fingerprint density at radius 3 is 2.75 bits per heavy atom. The first kappa shape index (κ1) is 18.5. The summed E-state index contributed by atoms with van der Waals surface area (Å²) in [5.74, 6) is 1.53.